The Bertz CT molecular complexity index is 1990. The van der Waals surface area contributed by atoms with Crippen molar-refractivity contribution < 1.29 is 19.0 Å². The number of H-pyrrole nitrogens is 1. The lowest BCUT2D eigenvalue weighted by atomic mass is 9.92. The molecule has 6 rings (SSSR count). The number of para-hydroxylation sites is 2. The third-order valence-electron chi connectivity index (χ3n) is 7.01. The fourth-order valence-corrected chi connectivity index (χ4v) is 6.21. The molecule has 0 saturated carbocycles. The van der Waals surface area contributed by atoms with Crippen molar-refractivity contribution in [2.45, 2.75) is 13.0 Å². The zero-order valence-corrected chi connectivity index (χ0v) is 23.5. The van der Waals surface area contributed by atoms with Crippen LogP contribution in [0.4, 0.5) is 0 Å². The van der Waals surface area contributed by atoms with Gasteiger partial charge in [0.25, 0.3) is 5.56 Å². The van der Waals surface area contributed by atoms with Gasteiger partial charge in [-0.15, -0.1) is 0 Å². The Morgan fingerprint density at radius 3 is 2.56 bits per heavy atom. The van der Waals surface area contributed by atoms with Crippen molar-refractivity contribution in [3.63, 3.8) is 0 Å². The predicted octanol–water partition coefficient (Wildman–Crippen LogP) is 4.43. The Morgan fingerprint density at radius 1 is 1.02 bits per heavy atom. The van der Waals surface area contributed by atoms with Crippen molar-refractivity contribution in [2.24, 2.45) is 4.99 Å². The summed E-state index contributed by atoms with van der Waals surface area (Å²) in [5, 5.41) is 1.00. The molecule has 1 aliphatic rings. The molecule has 0 amide bonds. The van der Waals surface area contributed by atoms with Crippen LogP contribution in [0.2, 0.25) is 0 Å². The monoisotopic (exact) mass is 565 g/mol. The van der Waals surface area contributed by atoms with E-state index in [1.54, 1.807) is 24.7 Å². The minimum Gasteiger partial charge on any atom is -0.493 e. The Morgan fingerprint density at radius 2 is 1.80 bits per heavy atom. The molecule has 0 saturated heterocycles. The first kappa shape index (κ1) is 26.3. The Labute approximate surface area is 239 Å². The number of hydrogen-bond donors (Lipinski definition) is 1. The highest BCUT2D eigenvalue weighted by Crippen LogP contribution is 2.42. The molecule has 9 heteroatoms. The molecule has 1 aliphatic heterocycles. The zero-order chi connectivity index (χ0) is 28.5. The molecule has 5 aromatic rings. The number of ether oxygens (including phenoxy) is 3. The molecule has 41 heavy (non-hydrogen) atoms. The van der Waals surface area contributed by atoms with Crippen LogP contribution in [0.1, 0.15) is 29.7 Å². The minimum atomic E-state index is -0.879. The lowest BCUT2D eigenvalue weighted by molar-refractivity contribution is -0.138. The van der Waals surface area contributed by atoms with E-state index in [9.17, 15) is 9.59 Å². The average molecular weight is 566 g/mol. The van der Waals surface area contributed by atoms with E-state index in [0.29, 0.717) is 32.1 Å². The summed E-state index contributed by atoms with van der Waals surface area (Å²) in [4.78, 5) is 36.5. The number of hydrogen-bond acceptors (Lipinski definition) is 7. The van der Waals surface area contributed by atoms with Gasteiger partial charge in [0.2, 0.25) is 0 Å². The minimum absolute atomic E-state index is 0.164. The molecule has 0 fully saturated rings. The maximum atomic E-state index is 14.2. The molecular formula is C32H27N3O5S. The highest BCUT2D eigenvalue weighted by Gasteiger charge is 2.37. The number of nitrogens with zero attached hydrogens (tertiary/aromatic N) is 2. The van der Waals surface area contributed by atoms with Crippen LogP contribution in [0.3, 0.4) is 0 Å². The number of esters is 1. The van der Waals surface area contributed by atoms with Crippen LogP contribution in [0, 0.1) is 0 Å². The van der Waals surface area contributed by atoms with Gasteiger partial charge >= 0.3 is 5.97 Å². The van der Waals surface area contributed by atoms with Crippen molar-refractivity contribution in [2.75, 3.05) is 20.8 Å². The molecule has 0 bridgehead atoms. The molecule has 1 atom stereocenters. The Hall–Kier alpha value is -4.89. The molecule has 3 aromatic carbocycles. The van der Waals surface area contributed by atoms with Gasteiger partial charge in [-0.1, -0.05) is 72.0 Å². The second kappa shape index (κ2) is 10.9. The van der Waals surface area contributed by atoms with Crippen LogP contribution in [-0.4, -0.2) is 36.3 Å². The lowest BCUT2D eigenvalue weighted by Crippen LogP contribution is -2.40. The third kappa shape index (κ3) is 4.54. The van der Waals surface area contributed by atoms with Gasteiger partial charge in [-0.3, -0.25) is 9.36 Å². The second-order valence-corrected chi connectivity index (χ2v) is 10.3. The highest BCUT2D eigenvalue weighted by molar-refractivity contribution is 7.07. The predicted molar refractivity (Wildman–Crippen MR) is 159 cm³/mol. The molecule has 0 spiro atoms. The summed E-state index contributed by atoms with van der Waals surface area (Å²) in [6.07, 6.45) is 3.74. The van der Waals surface area contributed by atoms with Crippen LogP contribution >= 0.6 is 11.3 Å². The first-order valence-corrected chi connectivity index (χ1v) is 13.9. The molecule has 3 heterocycles. The molecular weight excluding hydrogens is 538 g/mol. The molecule has 206 valence electrons. The Kier molecular flexibility index (Phi) is 7.03. The topological polar surface area (TPSA) is 94.9 Å². The van der Waals surface area contributed by atoms with E-state index in [-0.39, 0.29) is 17.7 Å². The summed E-state index contributed by atoms with van der Waals surface area (Å²) in [6.45, 7) is 1.91. The molecule has 1 unspecified atom stereocenters. The van der Waals surface area contributed by atoms with Crippen molar-refractivity contribution in [3.05, 3.63) is 121 Å². The summed E-state index contributed by atoms with van der Waals surface area (Å²) in [5.74, 6) is 0.339. The number of aromatic nitrogens is 2. The van der Waals surface area contributed by atoms with Gasteiger partial charge in [0.05, 0.1) is 36.6 Å². The number of nitrogens with one attached hydrogen (secondary N) is 1. The van der Waals surface area contributed by atoms with Crippen LogP contribution in [0.25, 0.3) is 22.7 Å². The van der Waals surface area contributed by atoms with Gasteiger partial charge < -0.3 is 19.2 Å². The van der Waals surface area contributed by atoms with Gasteiger partial charge in [-0.05, 0) is 25.1 Å². The lowest BCUT2D eigenvalue weighted by Gasteiger charge is -2.27. The summed E-state index contributed by atoms with van der Waals surface area (Å²) >= 11 is 1.27. The van der Waals surface area contributed by atoms with E-state index in [1.807, 2.05) is 79.0 Å². The van der Waals surface area contributed by atoms with Crippen molar-refractivity contribution >= 4 is 40.0 Å². The van der Waals surface area contributed by atoms with Crippen LogP contribution in [0.15, 0.2) is 94.4 Å². The third-order valence-corrected chi connectivity index (χ3v) is 7.99. The number of fused-ring (bicyclic) bond motifs is 2. The van der Waals surface area contributed by atoms with Crippen molar-refractivity contribution in [3.8, 4) is 11.5 Å². The van der Waals surface area contributed by atoms with E-state index in [1.165, 1.54) is 18.4 Å². The first-order chi connectivity index (χ1) is 20.0. The number of benzene rings is 3. The first-order valence-electron chi connectivity index (χ1n) is 13.1. The summed E-state index contributed by atoms with van der Waals surface area (Å²) in [5.41, 5.74) is 3.59. The summed E-state index contributed by atoms with van der Waals surface area (Å²) < 4.78 is 19.0. The number of aromatic amines is 1. The zero-order valence-electron chi connectivity index (χ0n) is 22.7. The Balaban J connectivity index is 1.69. The van der Waals surface area contributed by atoms with Crippen LogP contribution < -0.4 is 24.4 Å². The molecule has 2 aromatic heterocycles. The standard InChI is InChI=1S/C32H27N3O5S/c1-4-40-31(37)26-27(19-11-6-5-7-12-19)34-32-35(28(26)22-14-10-16-24(38-2)29(22)39-3)30(36)25(41-32)17-20-18-33-23-15-9-8-13-21(20)23/h5-18,28,33H,4H2,1-3H3. The van der Waals surface area contributed by atoms with Gasteiger partial charge in [0.15, 0.2) is 16.3 Å². The number of carbonyl (C=O) groups is 1. The van der Waals surface area contributed by atoms with Gasteiger partial charge in [0.1, 0.15) is 6.04 Å². The fourth-order valence-electron chi connectivity index (χ4n) is 5.22. The van der Waals surface area contributed by atoms with Crippen molar-refractivity contribution in [1.82, 2.24) is 9.55 Å². The average Bonchev–Trinajstić information content (AvgIpc) is 3.56. The van der Waals surface area contributed by atoms with E-state index < -0.39 is 12.0 Å². The van der Waals surface area contributed by atoms with Crippen molar-refractivity contribution in [1.29, 1.82) is 0 Å². The number of thiazole rings is 1. The number of rotatable bonds is 7. The quantitative estimate of drug-likeness (QED) is 0.295. The number of carbonyl (C=O) groups excluding carboxylic acids is 1. The van der Waals surface area contributed by atoms with E-state index in [0.717, 1.165) is 22.0 Å². The maximum Gasteiger partial charge on any atom is 0.338 e. The molecule has 0 radical (unpaired) electrons. The van der Waals surface area contributed by atoms with Gasteiger partial charge in [0, 0.05) is 33.8 Å². The van der Waals surface area contributed by atoms with E-state index >= 15 is 0 Å². The second-order valence-electron chi connectivity index (χ2n) is 9.30. The fraction of sp³-hybridized carbons (Fsp3) is 0.156. The normalized spacial score (nSPS) is 15.0. The summed E-state index contributed by atoms with van der Waals surface area (Å²) in [6, 6.07) is 21.9. The highest BCUT2D eigenvalue weighted by atomic mass is 32.1. The van der Waals surface area contributed by atoms with E-state index in [2.05, 4.69) is 4.98 Å². The SMILES string of the molecule is CCOC(=O)C1=C(c2ccccc2)N=c2sc(=Cc3c[nH]c4ccccc34)c(=O)n2C1c1cccc(OC)c1OC. The van der Waals surface area contributed by atoms with Gasteiger partial charge in [-0.2, -0.15) is 0 Å². The smallest absolute Gasteiger partial charge is 0.338 e. The maximum absolute atomic E-state index is 14.2. The summed E-state index contributed by atoms with van der Waals surface area (Å²) in [7, 11) is 3.08. The van der Waals surface area contributed by atoms with Crippen LogP contribution in [0.5, 0.6) is 11.5 Å². The molecule has 1 N–H and O–H groups in total. The van der Waals surface area contributed by atoms with Gasteiger partial charge in [-0.25, -0.2) is 9.79 Å². The molecule has 0 aliphatic carbocycles. The van der Waals surface area contributed by atoms with Crippen LogP contribution in [-0.2, 0) is 9.53 Å². The largest absolute Gasteiger partial charge is 0.493 e. The molecule has 8 nitrogen and oxygen atoms in total. The number of methoxy groups -OCH3 is 2. The van der Waals surface area contributed by atoms with E-state index in [4.69, 9.17) is 19.2 Å².